The van der Waals surface area contributed by atoms with Crippen LogP contribution in [0.5, 0.6) is 0 Å². The lowest BCUT2D eigenvalue weighted by atomic mass is 9.66. The van der Waals surface area contributed by atoms with Crippen LogP contribution in [-0.4, -0.2) is 24.1 Å². The molecular weight excluding hydrogens is 274 g/mol. The quantitative estimate of drug-likeness (QED) is 0.628. The molecule has 0 spiro atoms. The van der Waals surface area contributed by atoms with E-state index >= 15 is 0 Å². The molecule has 4 aliphatic carbocycles. The van der Waals surface area contributed by atoms with Crippen LogP contribution in [0.25, 0.3) is 0 Å². The van der Waals surface area contributed by atoms with E-state index < -0.39 is 27.2 Å². The molecule has 8 atom stereocenters. The molecule has 4 bridgehead atoms. The third-order valence-electron chi connectivity index (χ3n) is 6.44. The second-order valence-corrected chi connectivity index (χ2v) is 8.50. The second-order valence-electron chi connectivity index (χ2n) is 7.05. The number of hydrogen-bond donors (Lipinski definition) is 1. The summed E-state index contributed by atoms with van der Waals surface area (Å²) < 4.78 is 59.7. The molecule has 0 aromatic carbocycles. The van der Waals surface area contributed by atoms with Crippen molar-refractivity contribution in [2.75, 3.05) is 0 Å². The molecule has 0 saturated heterocycles. The molecule has 19 heavy (non-hydrogen) atoms. The summed E-state index contributed by atoms with van der Waals surface area (Å²) in [5.41, 5.74) is -5.13. The molecule has 0 radical (unpaired) electrons. The Morgan fingerprint density at radius 2 is 1.74 bits per heavy atom. The highest BCUT2D eigenvalue weighted by atomic mass is 32.2. The van der Waals surface area contributed by atoms with E-state index in [1.165, 1.54) is 6.42 Å². The van der Waals surface area contributed by atoms with E-state index in [1.807, 2.05) is 0 Å². The van der Waals surface area contributed by atoms with Crippen LogP contribution in [-0.2, 0) is 10.1 Å². The van der Waals surface area contributed by atoms with Gasteiger partial charge in [-0.05, 0) is 61.7 Å². The van der Waals surface area contributed by atoms with Crippen LogP contribution in [0.15, 0.2) is 0 Å². The fourth-order valence-corrected chi connectivity index (χ4v) is 6.88. The molecule has 8 unspecified atom stereocenters. The Bertz CT molecular complexity index is 522. The topological polar surface area (TPSA) is 54.4 Å². The molecule has 0 aliphatic heterocycles. The third kappa shape index (κ3) is 1.42. The van der Waals surface area contributed by atoms with Crippen molar-refractivity contribution in [3.63, 3.8) is 0 Å². The Hall–Kier alpha value is -0.230. The molecule has 0 heterocycles. The monoisotopic (exact) mass is 292 g/mol. The lowest BCUT2D eigenvalue weighted by molar-refractivity contribution is -0.0294. The van der Waals surface area contributed by atoms with E-state index in [2.05, 4.69) is 0 Å². The summed E-state index contributed by atoms with van der Waals surface area (Å²) in [6.45, 7) is 0. The number of hydrogen-bond acceptors (Lipinski definition) is 2. The van der Waals surface area contributed by atoms with Crippen LogP contribution in [0.2, 0.25) is 0 Å². The summed E-state index contributed by atoms with van der Waals surface area (Å²) in [6.07, 6.45) is 3.97. The predicted octanol–water partition coefficient (Wildman–Crippen LogP) is 2.58. The molecule has 0 amide bonds. The SMILES string of the molecule is O=S(=O)(O)C(F)C1(F)CC2CC1C1C3CCC(C3)C21. The third-order valence-corrected chi connectivity index (χ3v) is 7.36. The van der Waals surface area contributed by atoms with Gasteiger partial charge in [0.15, 0.2) is 5.67 Å². The molecule has 1 N–H and O–H groups in total. The van der Waals surface area contributed by atoms with E-state index in [1.54, 1.807) is 0 Å². The largest absolute Gasteiger partial charge is 0.300 e. The summed E-state index contributed by atoms with van der Waals surface area (Å²) >= 11 is 0. The minimum atomic E-state index is -4.95. The Balaban J connectivity index is 1.69. The fourth-order valence-electron chi connectivity index (χ4n) is 6.11. The lowest BCUT2D eigenvalue weighted by Gasteiger charge is -2.42. The standard InChI is InChI=1S/C13H18F2O3S/c14-12(19(16,17)18)13(15)5-8-4-9(13)11-7-2-1-6(3-7)10(8)11/h6-12H,1-5H2,(H,16,17,18). The molecule has 6 heteroatoms. The van der Waals surface area contributed by atoms with Gasteiger partial charge in [0.05, 0.1) is 0 Å². The first-order valence-corrected chi connectivity index (χ1v) is 8.62. The van der Waals surface area contributed by atoms with Gasteiger partial charge < -0.3 is 0 Å². The molecular formula is C13H18F2O3S. The highest BCUT2D eigenvalue weighted by Crippen LogP contribution is 2.71. The van der Waals surface area contributed by atoms with Crippen molar-refractivity contribution < 1.29 is 21.8 Å². The van der Waals surface area contributed by atoms with Gasteiger partial charge in [0.1, 0.15) is 0 Å². The molecule has 0 aromatic heterocycles. The second kappa shape index (κ2) is 3.50. The van der Waals surface area contributed by atoms with Crippen LogP contribution in [0, 0.1) is 35.5 Å². The van der Waals surface area contributed by atoms with Crippen LogP contribution < -0.4 is 0 Å². The molecule has 108 valence electrons. The van der Waals surface area contributed by atoms with E-state index in [-0.39, 0.29) is 18.3 Å². The summed E-state index contributed by atoms with van der Waals surface area (Å²) in [6, 6.07) is 0. The van der Waals surface area contributed by atoms with Crippen LogP contribution in [0.4, 0.5) is 8.78 Å². The maximum atomic E-state index is 14.9. The van der Waals surface area contributed by atoms with E-state index in [0.29, 0.717) is 24.2 Å². The lowest BCUT2D eigenvalue weighted by Crippen LogP contribution is -2.50. The molecule has 4 aliphatic rings. The van der Waals surface area contributed by atoms with Gasteiger partial charge in [0.2, 0.25) is 0 Å². The van der Waals surface area contributed by atoms with Gasteiger partial charge in [-0.25, -0.2) is 8.78 Å². The highest BCUT2D eigenvalue weighted by molar-refractivity contribution is 7.86. The predicted molar refractivity (Wildman–Crippen MR) is 64.3 cm³/mol. The van der Waals surface area contributed by atoms with Gasteiger partial charge in [-0.2, -0.15) is 8.42 Å². The van der Waals surface area contributed by atoms with Crippen molar-refractivity contribution in [3.05, 3.63) is 0 Å². The summed E-state index contributed by atoms with van der Waals surface area (Å²) in [7, 11) is -4.95. The fraction of sp³-hybridized carbons (Fsp3) is 1.00. The van der Waals surface area contributed by atoms with Gasteiger partial charge >= 0.3 is 10.1 Å². The van der Waals surface area contributed by atoms with Crippen LogP contribution in [0.3, 0.4) is 0 Å². The number of fused-ring (bicyclic) bond motifs is 9. The summed E-state index contributed by atoms with van der Waals surface area (Å²) in [4.78, 5) is 0. The minimum absolute atomic E-state index is 0.0248. The molecule has 4 rings (SSSR count). The van der Waals surface area contributed by atoms with E-state index in [0.717, 1.165) is 12.8 Å². The van der Waals surface area contributed by atoms with Crippen LogP contribution >= 0.6 is 0 Å². The van der Waals surface area contributed by atoms with Gasteiger partial charge in [0, 0.05) is 5.92 Å². The minimum Gasteiger partial charge on any atom is -0.283 e. The highest BCUT2D eigenvalue weighted by Gasteiger charge is 2.71. The van der Waals surface area contributed by atoms with E-state index in [9.17, 15) is 17.2 Å². The smallest absolute Gasteiger partial charge is 0.283 e. The van der Waals surface area contributed by atoms with Gasteiger partial charge in [-0.1, -0.05) is 0 Å². The molecule has 4 saturated carbocycles. The number of rotatable bonds is 2. The first-order valence-electron chi connectivity index (χ1n) is 7.11. The van der Waals surface area contributed by atoms with Crippen molar-refractivity contribution in [2.45, 2.75) is 43.3 Å². The molecule has 4 fully saturated rings. The Kier molecular flexibility index (Phi) is 2.31. The number of alkyl halides is 2. The average Bonchev–Trinajstić information content (AvgIpc) is 3.02. The van der Waals surface area contributed by atoms with Crippen molar-refractivity contribution in [1.29, 1.82) is 0 Å². The first-order chi connectivity index (χ1) is 8.82. The Morgan fingerprint density at radius 1 is 1.11 bits per heavy atom. The van der Waals surface area contributed by atoms with Crippen molar-refractivity contribution >= 4 is 10.1 Å². The Morgan fingerprint density at radius 3 is 2.37 bits per heavy atom. The maximum Gasteiger partial charge on any atom is 0.300 e. The summed E-state index contributed by atoms with van der Waals surface area (Å²) in [5, 5.41) is 0. The van der Waals surface area contributed by atoms with Gasteiger partial charge in [-0.3, -0.25) is 4.55 Å². The Labute approximate surface area is 111 Å². The van der Waals surface area contributed by atoms with Gasteiger partial charge in [-0.15, -0.1) is 0 Å². The molecule has 3 nitrogen and oxygen atoms in total. The zero-order valence-electron chi connectivity index (χ0n) is 10.5. The van der Waals surface area contributed by atoms with Crippen LogP contribution in [0.1, 0.15) is 32.1 Å². The first kappa shape index (κ1) is 12.5. The summed E-state index contributed by atoms with van der Waals surface area (Å²) in [5.74, 6) is 1.36. The number of halogens is 2. The van der Waals surface area contributed by atoms with Crippen molar-refractivity contribution in [2.24, 2.45) is 35.5 Å². The zero-order valence-corrected chi connectivity index (χ0v) is 11.3. The van der Waals surface area contributed by atoms with Gasteiger partial charge in [0.25, 0.3) is 5.50 Å². The average molecular weight is 292 g/mol. The maximum absolute atomic E-state index is 14.9. The zero-order chi connectivity index (χ0) is 13.6. The normalized spacial score (nSPS) is 56.6. The molecule has 0 aromatic rings. The van der Waals surface area contributed by atoms with E-state index in [4.69, 9.17) is 4.55 Å². The van der Waals surface area contributed by atoms with Crippen molar-refractivity contribution in [3.8, 4) is 0 Å². The van der Waals surface area contributed by atoms with Crippen molar-refractivity contribution in [1.82, 2.24) is 0 Å².